The lowest BCUT2D eigenvalue weighted by Crippen LogP contribution is -2.28. The van der Waals surface area contributed by atoms with Crippen LogP contribution in [0.15, 0.2) is 36.7 Å². The molecule has 0 aliphatic heterocycles. The Morgan fingerprint density at radius 2 is 2.00 bits per heavy atom. The molecule has 1 heterocycles. The van der Waals surface area contributed by atoms with Crippen LogP contribution in [0.3, 0.4) is 0 Å². The van der Waals surface area contributed by atoms with Crippen molar-refractivity contribution in [2.75, 3.05) is 5.32 Å². The van der Waals surface area contributed by atoms with E-state index in [1.807, 2.05) is 19.1 Å². The van der Waals surface area contributed by atoms with Crippen LogP contribution in [0.2, 0.25) is 0 Å². The first-order valence-corrected chi connectivity index (χ1v) is 6.70. The molecule has 1 aromatic heterocycles. The van der Waals surface area contributed by atoms with Crippen molar-refractivity contribution < 1.29 is 9.59 Å². The van der Waals surface area contributed by atoms with E-state index in [4.69, 9.17) is 0 Å². The maximum atomic E-state index is 12.0. The lowest BCUT2D eigenvalue weighted by molar-refractivity contribution is -0.121. The van der Waals surface area contributed by atoms with Gasteiger partial charge in [-0.05, 0) is 24.6 Å². The molecule has 6 nitrogen and oxygen atoms in total. The average Bonchev–Trinajstić information content (AvgIpc) is 2.94. The molecule has 2 aromatic rings. The standard InChI is InChI=1S/C15H18N4O2/c1-10(15-16-7-8-17-15)18-14(21)9-12-3-5-13(6-4-12)19-11(2)20/h3-8,10H,9H2,1-2H3,(H,16,17)(H,18,21)(H,19,20). The summed E-state index contributed by atoms with van der Waals surface area (Å²) >= 11 is 0. The fourth-order valence-corrected chi connectivity index (χ4v) is 1.97. The van der Waals surface area contributed by atoms with E-state index >= 15 is 0 Å². The Bertz CT molecular complexity index is 605. The van der Waals surface area contributed by atoms with Crippen molar-refractivity contribution in [1.82, 2.24) is 15.3 Å². The van der Waals surface area contributed by atoms with Crippen LogP contribution >= 0.6 is 0 Å². The number of nitrogens with zero attached hydrogens (tertiary/aromatic N) is 1. The Labute approximate surface area is 123 Å². The van der Waals surface area contributed by atoms with Crippen molar-refractivity contribution in [1.29, 1.82) is 0 Å². The molecule has 110 valence electrons. The zero-order valence-electron chi connectivity index (χ0n) is 12.0. The van der Waals surface area contributed by atoms with Crippen LogP contribution in [-0.4, -0.2) is 21.8 Å². The molecule has 0 saturated heterocycles. The van der Waals surface area contributed by atoms with Crippen molar-refractivity contribution in [2.45, 2.75) is 26.3 Å². The second-order valence-corrected chi connectivity index (χ2v) is 4.82. The Balaban J connectivity index is 1.89. The summed E-state index contributed by atoms with van der Waals surface area (Å²) in [6, 6.07) is 7.04. The predicted octanol–water partition coefficient (Wildman–Crippen LogP) is 1.79. The topological polar surface area (TPSA) is 86.9 Å². The van der Waals surface area contributed by atoms with E-state index in [1.54, 1.807) is 24.5 Å². The van der Waals surface area contributed by atoms with E-state index in [9.17, 15) is 9.59 Å². The second-order valence-electron chi connectivity index (χ2n) is 4.82. The second kappa shape index (κ2) is 6.69. The molecule has 1 unspecified atom stereocenters. The number of benzene rings is 1. The van der Waals surface area contributed by atoms with Crippen molar-refractivity contribution in [3.63, 3.8) is 0 Å². The van der Waals surface area contributed by atoms with Crippen molar-refractivity contribution in [3.05, 3.63) is 48.0 Å². The molecule has 0 radical (unpaired) electrons. The van der Waals surface area contributed by atoms with Gasteiger partial charge >= 0.3 is 0 Å². The number of amides is 2. The van der Waals surface area contributed by atoms with Crippen LogP contribution < -0.4 is 10.6 Å². The summed E-state index contributed by atoms with van der Waals surface area (Å²) in [6.07, 6.45) is 3.66. The van der Waals surface area contributed by atoms with E-state index in [1.165, 1.54) is 6.92 Å². The summed E-state index contributed by atoms with van der Waals surface area (Å²) in [5.41, 5.74) is 1.60. The first kappa shape index (κ1) is 14.8. The van der Waals surface area contributed by atoms with Gasteiger partial charge in [0.05, 0.1) is 12.5 Å². The highest BCUT2D eigenvalue weighted by Crippen LogP contribution is 2.11. The van der Waals surface area contributed by atoms with Gasteiger partial charge in [0.1, 0.15) is 5.82 Å². The molecule has 0 bridgehead atoms. The highest BCUT2D eigenvalue weighted by Gasteiger charge is 2.11. The molecular weight excluding hydrogens is 268 g/mol. The minimum absolute atomic E-state index is 0.0776. The molecule has 2 rings (SSSR count). The van der Waals surface area contributed by atoms with Gasteiger partial charge in [0.25, 0.3) is 0 Å². The van der Waals surface area contributed by atoms with Crippen LogP contribution in [0.4, 0.5) is 5.69 Å². The van der Waals surface area contributed by atoms with Crippen LogP contribution in [0, 0.1) is 0 Å². The van der Waals surface area contributed by atoms with Crippen LogP contribution in [0.1, 0.15) is 31.3 Å². The molecule has 0 fully saturated rings. The molecule has 0 saturated carbocycles. The highest BCUT2D eigenvalue weighted by molar-refractivity contribution is 5.88. The monoisotopic (exact) mass is 286 g/mol. The van der Waals surface area contributed by atoms with Crippen molar-refractivity contribution in [3.8, 4) is 0 Å². The minimum atomic E-state index is -0.161. The minimum Gasteiger partial charge on any atom is -0.347 e. The Hall–Kier alpha value is -2.63. The molecule has 0 aliphatic carbocycles. The number of carbonyl (C=O) groups excluding carboxylic acids is 2. The SMILES string of the molecule is CC(=O)Nc1ccc(CC(=O)NC(C)c2ncc[nH]2)cc1. The summed E-state index contributed by atoms with van der Waals surface area (Å²) in [4.78, 5) is 30.0. The Kier molecular flexibility index (Phi) is 4.71. The quantitative estimate of drug-likeness (QED) is 0.783. The fraction of sp³-hybridized carbons (Fsp3) is 0.267. The van der Waals surface area contributed by atoms with Crippen molar-refractivity contribution >= 4 is 17.5 Å². The average molecular weight is 286 g/mol. The number of anilines is 1. The summed E-state index contributed by atoms with van der Waals surface area (Å²) in [5, 5.41) is 5.56. The number of carbonyl (C=O) groups is 2. The molecule has 6 heteroatoms. The van der Waals surface area contributed by atoms with Gasteiger partial charge in [-0.1, -0.05) is 12.1 Å². The molecular formula is C15H18N4O2. The highest BCUT2D eigenvalue weighted by atomic mass is 16.2. The van der Waals surface area contributed by atoms with Gasteiger partial charge in [-0.2, -0.15) is 0 Å². The van der Waals surface area contributed by atoms with E-state index in [-0.39, 0.29) is 24.3 Å². The lowest BCUT2D eigenvalue weighted by atomic mass is 10.1. The molecule has 0 spiro atoms. The van der Waals surface area contributed by atoms with E-state index in [0.717, 1.165) is 17.1 Å². The number of aromatic nitrogens is 2. The number of hydrogen-bond acceptors (Lipinski definition) is 3. The fourth-order valence-electron chi connectivity index (χ4n) is 1.97. The number of aromatic amines is 1. The van der Waals surface area contributed by atoms with Gasteiger partial charge < -0.3 is 15.6 Å². The van der Waals surface area contributed by atoms with Crippen molar-refractivity contribution in [2.24, 2.45) is 0 Å². The van der Waals surface area contributed by atoms with Gasteiger partial charge in [-0.3, -0.25) is 9.59 Å². The normalized spacial score (nSPS) is 11.7. The predicted molar refractivity (Wildman–Crippen MR) is 79.6 cm³/mol. The summed E-state index contributed by atoms with van der Waals surface area (Å²) in [5.74, 6) is 0.531. The van der Waals surface area contributed by atoms with Gasteiger partial charge in [-0.25, -0.2) is 4.98 Å². The largest absolute Gasteiger partial charge is 0.347 e. The Morgan fingerprint density at radius 3 is 2.57 bits per heavy atom. The third-order valence-corrected chi connectivity index (χ3v) is 2.95. The third-order valence-electron chi connectivity index (χ3n) is 2.95. The van der Waals surface area contributed by atoms with Crippen LogP contribution in [0.25, 0.3) is 0 Å². The third kappa shape index (κ3) is 4.45. The zero-order valence-corrected chi connectivity index (χ0v) is 12.0. The van der Waals surface area contributed by atoms with Gasteiger partial charge in [-0.15, -0.1) is 0 Å². The van der Waals surface area contributed by atoms with E-state index in [2.05, 4.69) is 20.6 Å². The van der Waals surface area contributed by atoms with Crippen LogP contribution in [0.5, 0.6) is 0 Å². The number of nitrogens with one attached hydrogen (secondary N) is 3. The molecule has 3 N–H and O–H groups in total. The summed E-state index contributed by atoms with van der Waals surface area (Å²) in [7, 11) is 0. The molecule has 21 heavy (non-hydrogen) atoms. The smallest absolute Gasteiger partial charge is 0.224 e. The molecule has 1 aromatic carbocycles. The maximum absolute atomic E-state index is 12.0. The first-order chi connectivity index (χ1) is 10.0. The van der Waals surface area contributed by atoms with Crippen LogP contribution in [-0.2, 0) is 16.0 Å². The number of H-pyrrole nitrogens is 1. The lowest BCUT2D eigenvalue weighted by Gasteiger charge is -2.11. The van der Waals surface area contributed by atoms with E-state index in [0.29, 0.717) is 0 Å². The zero-order chi connectivity index (χ0) is 15.2. The summed E-state index contributed by atoms with van der Waals surface area (Å²) in [6.45, 7) is 3.33. The number of hydrogen-bond donors (Lipinski definition) is 3. The van der Waals surface area contributed by atoms with Gasteiger partial charge in [0.15, 0.2) is 0 Å². The Morgan fingerprint density at radius 1 is 1.29 bits per heavy atom. The maximum Gasteiger partial charge on any atom is 0.224 e. The number of rotatable bonds is 5. The van der Waals surface area contributed by atoms with Gasteiger partial charge in [0, 0.05) is 25.0 Å². The van der Waals surface area contributed by atoms with E-state index < -0.39 is 0 Å². The summed E-state index contributed by atoms with van der Waals surface area (Å²) < 4.78 is 0. The molecule has 1 atom stereocenters. The molecule has 2 amide bonds. The molecule has 0 aliphatic rings. The number of imidazole rings is 1. The van der Waals surface area contributed by atoms with Gasteiger partial charge in [0.2, 0.25) is 11.8 Å². The first-order valence-electron chi connectivity index (χ1n) is 6.70.